The van der Waals surface area contributed by atoms with Gasteiger partial charge in [0.2, 0.25) is 0 Å². The largest absolute Gasteiger partial charge is 0.337 e. The van der Waals surface area contributed by atoms with Gasteiger partial charge in [0.1, 0.15) is 5.03 Å². The van der Waals surface area contributed by atoms with Crippen LogP contribution < -0.4 is 5.32 Å². The summed E-state index contributed by atoms with van der Waals surface area (Å²) in [5.41, 5.74) is 2.41. The van der Waals surface area contributed by atoms with Crippen LogP contribution in [-0.4, -0.2) is 29.0 Å². The fourth-order valence-corrected chi connectivity index (χ4v) is 2.90. The Bertz CT molecular complexity index is 589. The Labute approximate surface area is 123 Å². The summed E-state index contributed by atoms with van der Waals surface area (Å²) in [6.07, 6.45) is 3.43. The molecule has 0 saturated carbocycles. The lowest BCUT2D eigenvalue weighted by Crippen LogP contribution is -2.11. The summed E-state index contributed by atoms with van der Waals surface area (Å²) in [4.78, 5) is 12.0. The Balaban J connectivity index is 0.00000133. The second kappa shape index (κ2) is 5.77. The van der Waals surface area contributed by atoms with E-state index in [-0.39, 0.29) is 12.4 Å². The standard InChI is InChI=1S/C13H14N4S.ClH/c1-17(2)8-9-3-4-10-11(7-9)18-13-12(16-10)14-5-6-15-13;/h3-7H,8H2,1-2H3,(H,14,16);1H. The van der Waals surface area contributed by atoms with E-state index in [0.29, 0.717) is 0 Å². The molecular formula is C13H15ClN4S. The minimum Gasteiger partial charge on any atom is -0.337 e. The van der Waals surface area contributed by atoms with Crippen molar-refractivity contribution < 1.29 is 0 Å². The lowest BCUT2D eigenvalue weighted by molar-refractivity contribution is 0.402. The summed E-state index contributed by atoms with van der Waals surface area (Å²) in [5, 5.41) is 4.25. The molecule has 0 fully saturated rings. The van der Waals surface area contributed by atoms with Crippen LogP contribution in [0.4, 0.5) is 11.5 Å². The van der Waals surface area contributed by atoms with Crippen molar-refractivity contribution in [3.63, 3.8) is 0 Å². The molecule has 1 aliphatic rings. The Hall–Kier alpha value is -1.30. The number of nitrogens with one attached hydrogen (secondary N) is 1. The lowest BCUT2D eigenvalue weighted by atomic mass is 10.2. The number of benzene rings is 1. The third-order valence-electron chi connectivity index (χ3n) is 2.67. The van der Waals surface area contributed by atoms with E-state index in [1.54, 1.807) is 24.2 Å². The Morgan fingerprint density at radius 1 is 1.21 bits per heavy atom. The Morgan fingerprint density at radius 3 is 2.79 bits per heavy atom. The minimum absolute atomic E-state index is 0. The molecule has 1 aromatic heterocycles. The second-order valence-corrected chi connectivity index (χ2v) is 5.54. The molecule has 19 heavy (non-hydrogen) atoms. The van der Waals surface area contributed by atoms with Crippen LogP contribution in [-0.2, 0) is 6.54 Å². The van der Waals surface area contributed by atoms with Gasteiger partial charge in [-0.3, -0.25) is 0 Å². The number of anilines is 2. The summed E-state index contributed by atoms with van der Waals surface area (Å²) < 4.78 is 0. The van der Waals surface area contributed by atoms with Crippen molar-refractivity contribution in [3.8, 4) is 0 Å². The molecule has 1 N–H and O–H groups in total. The fourth-order valence-electron chi connectivity index (χ4n) is 1.94. The zero-order chi connectivity index (χ0) is 12.5. The molecule has 100 valence electrons. The molecule has 0 atom stereocenters. The summed E-state index contributed by atoms with van der Waals surface area (Å²) >= 11 is 1.67. The predicted molar refractivity (Wildman–Crippen MR) is 80.5 cm³/mol. The maximum absolute atomic E-state index is 4.34. The van der Waals surface area contributed by atoms with E-state index < -0.39 is 0 Å². The van der Waals surface area contributed by atoms with Gasteiger partial charge in [0, 0.05) is 23.8 Å². The van der Waals surface area contributed by atoms with Crippen molar-refractivity contribution in [3.05, 3.63) is 36.2 Å². The molecule has 0 spiro atoms. The molecule has 0 amide bonds. The molecular weight excluding hydrogens is 280 g/mol. The molecule has 0 radical (unpaired) electrons. The minimum atomic E-state index is 0. The predicted octanol–water partition coefficient (Wildman–Crippen LogP) is 3.17. The summed E-state index contributed by atoms with van der Waals surface area (Å²) in [7, 11) is 4.15. The number of rotatable bonds is 2. The zero-order valence-electron chi connectivity index (χ0n) is 10.8. The van der Waals surface area contributed by atoms with Crippen molar-refractivity contribution in [2.45, 2.75) is 16.5 Å². The van der Waals surface area contributed by atoms with Crippen LogP contribution in [0.2, 0.25) is 0 Å². The number of nitrogens with zero attached hydrogens (tertiary/aromatic N) is 3. The Morgan fingerprint density at radius 2 is 2.00 bits per heavy atom. The quantitative estimate of drug-likeness (QED) is 0.786. The van der Waals surface area contributed by atoms with Crippen molar-refractivity contribution in [1.29, 1.82) is 0 Å². The molecule has 3 rings (SSSR count). The van der Waals surface area contributed by atoms with E-state index >= 15 is 0 Å². The second-order valence-electron chi connectivity index (χ2n) is 4.51. The number of hydrogen-bond acceptors (Lipinski definition) is 5. The molecule has 1 aromatic carbocycles. The van der Waals surface area contributed by atoms with E-state index in [2.05, 4.69) is 52.5 Å². The molecule has 2 aromatic rings. The highest BCUT2D eigenvalue weighted by molar-refractivity contribution is 7.99. The van der Waals surface area contributed by atoms with E-state index in [1.165, 1.54) is 10.5 Å². The van der Waals surface area contributed by atoms with Crippen LogP contribution in [0.5, 0.6) is 0 Å². The van der Waals surface area contributed by atoms with Gasteiger partial charge >= 0.3 is 0 Å². The number of hydrogen-bond donors (Lipinski definition) is 1. The van der Waals surface area contributed by atoms with Crippen LogP contribution in [0.15, 0.2) is 40.5 Å². The normalized spacial score (nSPS) is 12.2. The first kappa shape index (κ1) is 14.1. The summed E-state index contributed by atoms with van der Waals surface area (Å²) in [6.45, 7) is 0.946. The van der Waals surface area contributed by atoms with Gasteiger partial charge in [0.25, 0.3) is 0 Å². The SMILES string of the molecule is CN(C)Cc1ccc2c(c1)Sc1nccnc1N2.Cl. The van der Waals surface area contributed by atoms with E-state index in [9.17, 15) is 0 Å². The molecule has 1 aliphatic heterocycles. The topological polar surface area (TPSA) is 41.1 Å². The summed E-state index contributed by atoms with van der Waals surface area (Å²) in [6, 6.07) is 6.47. The first-order valence-electron chi connectivity index (χ1n) is 5.76. The van der Waals surface area contributed by atoms with Crippen molar-refractivity contribution >= 4 is 35.7 Å². The highest BCUT2D eigenvalue weighted by atomic mass is 35.5. The average molecular weight is 295 g/mol. The smallest absolute Gasteiger partial charge is 0.163 e. The first-order valence-corrected chi connectivity index (χ1v) is 6.57. The molecule has 4 nitrogen and oxygen atoms in total. The van der Waals surface area contributed by atoms with Gasteiger partial charge in [-0.25, -0.2) is 9.97 Å². The van der Waals surface area contributed by atoms with Crippen molar-refractivity contribution in [2.75, 3.05) is 19.4 Å². The van der Waals surface area contributed by atoms with Gasteiger partial charge in [0.15, 0.2) is 5.82 Å². The third kappa shape index (κ3) is 3.00. The molecule has 2 heterocycles. The maximum atomic E-state index is 4.34. The van der Waals surface area contributed by atoms with Crippen LogP contribution in [0, 0.1) is 0 Å². The highest BCUT2D eigenvalue weighted by Crippen LogP contribution is 2.42. The van der Waals surface area contributed by atoms with Gasteiger partial charge < -0.3 is 10.2 Å². The van der Waals surface area contributed by atoms with Crippen LogP contribution in [0.3, 0.4) is 0 Å². The third-order valence-corrected chi connectivity index (χ3v) is 3.72. The van der Waals surface area contributed by atoms with Gasteiger partial charge in [0.05, 0.1) is 5.69 Å². The zero-order valence-corrected chi connectivity index (χ0v) is 12.4. The number of fused-ring (bicyclic) bond motifs is 2. The molecule has 0 unspecified atom stereocenters. The van der Waals surface area contributed by atoms with Gasteiger partial charge in [-0.1, -0.05) is 17.8 Å². The Kier molecular flexibility index (Phi) is 4.29. The molecule has 0 aliphatic carbocycles. The van der Waals surface area contributed by atoms with Crippen molar-refractivity contribution in [1.82, 2.24) is 14.9 Å². The summed E-state index contributed by atoms with van der Waals surface area (Å²) in [5.74, 6) is 0.843. The van der Waals surface area contributed by atoms with Crippen LogP contribution >= 0.6 is 24.2 Å². The average Bonchev–Trinajstić information content (AvgIpc) is 2.35. The van der Waals surface area contributed by atoms with E-state index in [4.69, 9.17) is 0 Å². The van der Waals surface area contributed by atoms with E-state index in [0.717, 1.165) is 23.1 Å². The lowest BCUT2D eigenvalue weighted by Gasteiger charge is -2.20. The number of halogens is 1. The first-order chi connectivity index (χ1) is 8.72. The van der Waals surface area contributed by atoms with Gasteiger partial charge in [-0.2, -0.15) is 0 Å². The highest BCUT2D eigenvalue weighted by Gasteiger charge is 2.17. The van der Waals surface area contributed by atoms with Gasteiger partial charge in [-0.15, -0.1) is 12.4 Å². The van der Waals surface area contributed by atoms with Crippen molar-refractivity contribution in [2.24, 2.45) is 0 Å². The van der Waals surface area contributed by atoms with Crippen LogP contribution in [0.1, 0.15) is 5.56 Å². The monoisotopic (exact) mass is 294 g/mol. The maximum Gasteiger partial charge on any atom is 0.163 e. The van der Waals surface area contributed by atoms with E-state index in [1.807, 2.05) is 0 Å². The number of aromatic nitrogens is 2. The molecule has 6 heteroatoms. The molecule has 0 saturated heterocycles. The molecule has 0 bridgehead atoms. The fraction of sp³-hybridized carbons (Fsp3) is 0.231. The van der Waals surface area contributed by atoms with Gasteiger partial charge in [-0.05, 0) is 31.8 Å². The van der Waals surface area contributed by atoms with Crippen LogP contribution in [0.25, 0.3) is 0 Å².